The van der Waals surface area contributed by atoms with Gasteiger partial charge in [-0.15, -0.1) is 0 Å². The van der Waals surface area contributed by atoms with Crippen molar-refractivity contribution in [1.29, 1.82) is 0 Å². The number of amides is 2. The summed E-state index contributed by atoms with van der Waals surface area (Å²) in [6, 6.07) is 18.3. The van der Waals surface area contributed by atoms with Crippen molar-refractivity contribution in [2.45, 2.75) is 25.0 Å². The number of anilines is 1. The van der Waals surface area contributed by atoms with E-state index in [9.17, 15) is 19.2 Å². The van der Waals surface area contributed by atoms with E-state index in [-0.39, 0.29) is 24.8 Å². The zero-order chi connectivity index (χ0) is 31.6. The number of hydrogen-bond acceptors (Lipinski definition) is 10. The van der Waals surface area contributed by atoms with Gasteiger partial charge in [0, 0.05) is 18.7 Å². The number of aliphatic imine (C=N–C) groups is 1. The lowest BCUT2D eigenvalue weighted by Crippen LogP contribution is -2.46. The van der Waals surface area contributed by atoms with Crippen LogP contribution in [0.15, 0.2) is 71.7 Å². The van der Waals surface area contributed by atoms with Crippen molar-refractivity contribution in [1.82, 2.24) is 4.90 Å². The number of esters is 2. The van der Waals surface area contributed by atoms with E-state index in [1.807, 2.05) is 12.1 Å². The SMILES string of the molecule is CCOC(=O)c1ccc(N=C2SC(C(=O)Nc3ccc(C(=O)OC)cc3)CC(=O)N2CCc2ccc(OC)c(OC)c2)cc1. The predicted molar refractivity (Wildman–Crippen MR) is 167 cm³/mol. The van der Waals surface area contributed by atoms with E-state index in [0.29, 0.717) is 52.1 Å². The lowest BCUT2D eigenvalue weighted by Gasteiger charge is -2.32. The van der Waals surface area contributed by atoms with Crippen LogP contribution in [-0.4, -0.2) is 73.6 Å². The Hall–Kier alpha value is -4.84. The normalized spacial score (nSPS) is 15.5. The Bertz CT molecular complexity index is 1540. The molecule has 1 aliphatic rings. The molecule has 1 saturated heterocycles. The molecule has 1 N–H and O–H groups in total. The molecule has 1 unspecified atom stereocenters. The third kappa shape index (κ3) is 7.95. The minimum absolute atomic E-state index is 0.0382. The minimum atomic E-state index is -0.752. The number of rotatable bonds is 11. The molecule has 0 radical (unpaired) electrons. The molecule has 1 aliphatic heterocycles. The predicted octanol–water partition coefficient (Wildman–Crippen LogP) is 4.87. The molecule has 0 aliphatic carbocycles. The van der Waals surface area contributed by atoms with E-state index in [2.05, 4.69) is 5.32 Å². The first-order valence-electron chi connectivity index (χ1n) is 13.8. The van der Waals surface area contributed by atoms with Crippen molar-refractivity contribution in [2.75, 3.05) is 39.8 Å². The molecule has 1 heterocycles. The average molecular weight is 620 g/mol. The Morgan fingerprint density at radius 1 is 0.909 bits per heavy atom. The third-order valence-electron chi connectivity index (χ3n) is 6.68. The Balaban J connectivity index is 1.56. The number of methoxy groups -OCH3 is 3. The van der Waals surface area contributed by atoms with Crippen molar-refractivity contribution in [2.24, 2.45) is 4.99 Å². The Morgan fingerprint density at radius 3 is 2.20 bits per heavy atom. The van der Waals surface area contributed by atoms with Gasteiger partial charge in [-0.25, -0.2) is 14.6 Å². The molecule has 0 saturated carbocycles. The van der Waals surface area contributed by atoms with Gasteiger partial charge in [0.15, 0.2) is 16.7 Å². The van der Waals surface area contributed by atoms with Gasteiger partial charge in [-0.05, 0) is 79.6 Å². The molecule has 230 valence electrons. The van der Waals surface area contributed by atoms with E-state index < -0.39 is 17.2 Å². The van der Waals surface area contributed by atoms with Gasteiger partial charge in [0.05, 0.1) is 44.8 Å². The molecular formula is C32H33N3O8S. The first kappa shape index (κ1) is 32.1. The highest BCUT2D eigenvalue weighted by Gasteiger charge is 2.36. The number of carbonyl (C=O) groups excluding carboxylic acids is 4. The summed E-state index contributed by atoms with van der Waals surface area (Å²) >= 11 is 1.18. The number of nitrogens with zero attached hydrogens (tertiary/aromatic N) is 2. The maximum atomic E-state index is 13.5. The molecule has 3 aromatic rings. The van der Waals surface area contributed by atoms with E-state index in [1.54, 1.807) is 80.6 Å². The zero-order valence-corrected chi connectivity index (χ0v) is 25.6. The van der Waals surface area contributed by atoms with Crippen LogP contribution in [0, 0.1) is 0 Å². The second-order valence-corrected chi connectivity index (χ2v) is 10.7. The van der Waals surface area contributed by atoms with Gasteiger partial charge in [-0.3, -0.25) is 14.5 Å². The largest absolute Gasteiger partial charge is 0.493 e. The number of benzene rings is 3. The monoisotopic (exact) mass is 619 g/mol. The fourth-order valence-corrected chi connectivity index (χ4v) is 5.49. The van der Waals surface area contributed by atoms with E-state index in [4.69, 9.17) is 23.9 Å². The molecule has 1 atom stereocenters. The first-order chi connectivity index (χ1) is 21.3. The number of carbonyl (C=O) groups is 4. The first-order valence-corrected chi connectivity index (χ1v) is 14.7. The van der Waals surface area contributed by atoms with Crippen LogP contribution in [0.5, 0.6) is 11.5 Å². The minimum Gasteiger partial charge on any atom is -0.493 e. The third-order valence-corrected chi connectivity index (χ3v) is 7.87. The maximum absolute atomic E-state index is 13.5. The van der Waals surface area contributed by atoms with Gasteiger partial charge in [0.25, 0.3) is 0 Å². The Kier molecular flexibility index (Phi) is 11.0. The van der Waals surface area contributed by atoms with Gasteiger partial charge in [-0.2, -0.15) is 0 Å². The number of ether oxygens (including phenoxy) is 4. The molecule has 11 nitrogen and oxygen atoms in total. The highest BCUT2D eigenvalue weighted by atomic mass is 32.2. The topological polar surface area (TPSA) is 133 Å². The van der Waals surface area contributed by atoms with Crippen LogP contribution in [0.4, 0.5) is 11.4 Å². The highest BCUT2D eigenvalue weighted by molar-refractivity contribution is 8.15. The summed E-state index contributed by atoms with van der Waals surface area (Å²) in [5.74, 6) is -0.381. The maximum Gasteiger partial charge on any atom is 0.338 e. The molecule has 2 amide bonds. The summed E-state index contributed by atoms with van der Waals surface area (Å²) < 4.78 is 20.5. The van der Waals surface area contributed by atoms with Crippen LogP contribution in [0.1, 0.15) is 39.6 Å². The molecule has 44 heavy (non-hydrogen) atoms. The summed E-state index contributed by atoms with van der Waals surface area (Å²) in [5, 5.41) is 2.42. The fraction of sp³-hybridized carbons (Fsp3) is 0.281. The smallest absolute Gasteiger partial charge is 0.338 e. The summed E-state index contributed by atoms with van der Waals surface area (Å²) in [4.78, 5) is 56.8. The molecule has 12 heteroatoms. The Morgan fingerprint density at radius 2 is 1.57 bits per heavy atom. The standard InChI is InChI=1S/C32H33N3O8S/c1-5-43-31(39)22-9-13-24(14-10-22)34-32-35(17-16-20-6-15-25(40-2)26(18-20)41-3)28(36)19-27(44-32)29(37)33-23-11-7-21(8-12-23)30(38)42-4/h6-15,18,27H,5,16-17,19H2,1-4H3,(H,33,37). The highest BCUT2D eigenvalue weighted by Crippen LogP contribution is 2.32. The molecule has 0 aromatic heterocycles. The number of hydrogen-bond donors (Lipinski definition) is 1. The average Bonchev–Trinajstić information content (AvgIpc) is 3.04. The van der Waals surface area contributed by atoms with Crippen LogP contribution >= 0.6 is 11.8 Å². The number of amidine groups is 1. The summed E-state index contributed by atoms with van der Waals surface area (Å²) in [5.41, 5.74) is 2.63. The zero-order valence-electron chi connectivity index (χ0n) is 24.8. The fourth-order valence-electron chi connectivity index (χ4n) is 4.37. The second-order valence-electron chi connectivity index (χ2n) is 9.52. The van der Waals surface area contributed by atoms with Crippen LogP contribution in [0.3, 0.4) is 0 Å². The van der Waals surface area contributed by atoms with Gasteiger partial charge < -0.3 is 24.3 Å². The van der Waals surface area contributed by atoms with Crippen molar-refractivity contribution in [3.63, 3.8) is 0 Å². The number of nitrogens with one attached hydrogen (secondary N) is 1. The van der Waals surface area contributed by atoms with Crippen molar-refractivity contribution in [3.8, 4) is 11.5 Å². The van der Waals surface area contributed by atoms with Crippen LogP contribution in [0.2, 0.25) is 0 Å². The summed E-state index contributed by atoms with van der Waals surface area (Å²) in [7, 11) is 4.41. The van der Waals surface area contributed by atoms with Crippen molar-refractivity contribution < 1.29 is 38.1 Å². The summed E-state index contributed by atoms with van der Waals surface area (Å²) in [6.07, 6.45) is 0.459. The van der Waals surface area contributed by atoms with Crippen LogP contribution in [0.25, 0.3) is 0 Å². The van der Waals surface area contributed by atoms with Gasteiger partial charge in [-0.1, -0.05) is 17.8 Å². The lowest BCUT2D eigenvalue weighted by molar-refractivity contribution is -0.129. The van der Waals surface area contributed by atoms with Gasteiger partial charge >= 0.3 is 11.9 Å². The quantitative estimate of drug-likeness (QED) is 0.299. The van der Waals surface area contributed by atoms with Gasteiger partial charge in [0.1, 0.15) is 5.25 Å². The second kappa shape index (κ2) is 15.1. The number of thioether (sulfide) groups is 1. The van der Waals surface area contributed by atoms with Crippen LogP contribution in [-0.2, 0) is 25.5 Å². The summed E-state index contributed by atoms with van der Waals surface area (Å²) in [6.45, 7) is 2.30. The van der Waals surface area contributed by atoms with Crippen molar-refractivity contribution in [3.05, 3.63) is 83.4 Å². The lowest BCUT2D eigenvalue weighted by atomic mass is 10.1. The molecule has 1 fully saturated rings. The molecule has 0 bridgehead atoms. The van der Waals surface area contributed by atoms with E-state index in [1.165, 1.54) is 18.9 Å². The molecule has 3 aromatic carbocycles. The molecule has 0 spiro atoms. The Labute approximate surface area is 259 Å². The van der Waals surface area contributed by atoms with Gasteiger partial charge in [0.2, 0.25) is 11.8 Å². The van der Waals surface area contributed by atoms with Crippen molar-refractivity contribution >= 4 is 52.1 Å². The molecular weight excluding hydrogens is 586 g/mol. The van der Waals surface area contributed by atoms with E-state index >= 15 is 0 Å². The van der Waals surface area contributed by atoms with Crippen LogP contribution < -0.4 is 14.8 Å². The van der Waals surface area contributed by atoms with E-state index in [0.717, 1.165) is 5.56 Å². The molecule has 4 rings (SSSR count).